The average Bonchev–Trinajstić information content (AvgIpc) is 3.17. The lowest BCUT2D eigenvalue weighted by Crippen LogP contribution is -2.32. The van der Waals surface area contributed by atoms with Gasteiger partial charge < -0.3 is 4.42 Å². The fraction of sp³-hybridized carbons (Fsp3) is 0.276. The number of benzene rings is 3. The van der Waals surface area contributed by atoms with E-state index < -0.39 is 18.6 Å². The molecule has 2 heteroatoms. The van der Waals surface area contributed by atoms with E-state index in [2.05, 4.69) is 18.2 Å². The van der Waals surface area contributed by atoms with E-state index in [0.29, 0.717) is 11.3 Å². The molecule has 2 nitrogen and oxygen atoms in total. The van der Waals surface area contributed by atoms with Crippen molar-refractivity contribution in [2.24, 2.45) is 12.5 Å². The molecule has 0 saturated heterocycles. The van der Waals surface area contributed by atoms with E-state index in [4.69, 9.17) is 11.3 Å². The molecule has 2 aromatic heterocycles. The van der Waals surface area contributed by atoms with E-state index in [9.17, 15) is 0 Å². The second kappa shape index (κ2) is 6.95. The predicted octanol–water partition coefficient (Wildman–Crippen LogP) is 7.44. The van der Waals surface area contributed by atoms with Crippen LogP contribution in [-0.4, -0.2) is 0 Å². The van der Waals surface area contributed by atoms with Gasteiger partial charge >= 0.3 is 0 Å². The van der Waals surface area contributed by atoms with Gasteiger partial charge in [0.2, 0.25) is 5.69 Å². The van der Waals surface area contributed by atoms with E-state index in [1.54, 1.807) is 44.6 Å². The first-order valence-electron chi connectivity index (χ1n) is 13.1. The number of aromatic nitrogens is 1. The molecular formula is C29H30NO+. The van der Waals surface area contributed by atoms with Crippen molar-refractivity contribution in [2.45, 2.75) is 40.9 Å². The highest BCUT2D eigenvalue weighted by Gasteiger charge is 2.24. The van der Waals surface area contributed by atoms with Crippen LogP contribution in [0.1, 0.15) is 44.3 Å². The summed E-state index contributed by atoms with van der Waals surface area (Å²) in [6, 6.07) is 18.1. The van der Waals surface area contributed by atoms with Gasteiger partial charge in [-0.3, -0.25) is 0 Å². The van der Waals surface area contributed by atoms with Gasteiger partial charge in [-0.15, -0.1) is 0 Å². The summed E-state index contributed by atoms with van der Waals surface area (Å²) < 4.78 is 50.5. The summed E-state index contributed by atoms with van der Waals surface area (Å²) in [6.07, 6.45) is -0.330. The van der Waals surface area contributed by atoms with Gasteiger partial charge in [0.1, 0.15) is 18.2 Å². The van der Waals surface area contributed by atoms with Crippen LogP contribution in [0.15, 0.2) is 65.2 Å². The zero-order valence-corrected chi connectivity index (χ0v) is 18.6. The maximum atomic E-state index is 8.95. The first kappa shape index (κ1) is 14.8. The number of nitrogens with zero attached hydrogens (tertiary/aromatic N) is 1. The summed E-state index contributed by atoms with van der Waals surface area (Å²) >= 11 is 0. The van der Waals surface area contributed by atoms with Crippen LogP contribution >= 0.6 is 0 Å². The molecule has 3 aromatic carbocycles. The standard InChI is InChI=1S/C29H30NO/c1-18-11-13-23-27-22-10-8-7-9-20(22)12-14-25(27)31-28(23)26(18)24-15-21(16-29(3,4)5)19(2)17-30(24)6/h7-15,17H,16H2,1-6H3/q+1/i2D3,16D2. The van der Waals surface area contributed by atoms with Gasteiger partial charge in [-0.25, -0.2) is 4.57 Å². The Balaban J connectivity index is 1.89. The third-order valence-corrected chi connectivity index (χ3v) is 5.78. The number of furan rings is 1. The van der Waals surface area contributed by atoms with Crippen molar-refractivity contribution in [3.8, 4) is 11.3 Å². The molecule has 0 radical (unpaired) electrons. The second-order valence-corrected chi connectivity index (χ2v) is 9.37. The fourth-order valence-corrected chi connectivity index (χ4v) is 4.43. The van der Waals surface area contributed by atoms with Crippen LogP contribution in [0.5, 0.6) is 0 Å². The van der Waals surface area contributed by atoms with E-state index in [-0.39, 0.29) is 11.1 Å². The molecule has 0 atom stereocenters. The minimum Gasteiger partial charge on any atom is -0.455 e. The van der Waals surface area contributed by atoms with Crippen LogP contribution in [0.25, 0.3) is 44.0 Å². The minimum absolute atomic E-state index is 0.0223. The molecule has 2 heterocycles. The first-order valence-corrected chi connectivity index (χ1v) is 10.6. The summed E-state index contributed by atoms with van der Waals surface area (Å²) in [5.74, 6) is 0. The molecule has 0 bridgehead atoms. The summed E-state index contributed by atoms with van der Waals surface area (Å²) in [5, 5.41) is 4.25. The summed E-state index contributed by atoms with van der Waals surface area (Å²) in [6.45, 7) is 4.91. The van der Waals surface area contributed by atoms with E-state index >= 15 is 0 Å². The predicted molar refractivity (Wildman–Crippen MR) is 130 cm³/mol. The van der Waals surface area contributed by atoms with Crippen LogP contribution < -0.4 is 4.57 Å². The highest BCUT2D eigenvalue weighted by Crippen LogP contribution is 2.40. The third kappa shape index (κ3) is 3.31. The zero-order chi connectivity index (χ0) is 26.2. The molecule has 5 rings (SSSR count). The SMILES string of the molecule is [2H]C([2H])([2H])c1c[n+](C)c(-c2c(C)ccc3c2oc2ccc4ccccc4c23)cc1C([2H])([2H])C(C)(C)C. The molecule has 0 aliphatic carbocycles. The van der Waals surface area contributed by atoms with E-state index in [0.717, 1.165) is 38.3 Å². The van der Waals surface area contributed by atoms with Crippen molar-refractivity contribution in [2.75, 3.05) is 0 Å². The molecule has 0 saturated carbocycles. The van der Waals surface area contributed by atoms with Gasteiger partial charge in [-0.1, -0.05) is 63.2 Å². The van der Waals surface area contributed by atoms with Gasteiger partial charge in [0.05, 0.1) is 5.56 Å². The maximum Gasteiger partial charge on any atom is 0.216 e. The number of fused-ring (bicyclic) bond motifs is 5. The first-order chi connectivity index (χ1) is 16.7. The largest absolute Gasteiger partial charge is 0.455 e. The monoisotopic (exact) mass is 413 g/mol. The van der Waals surface area contributed by atoms with E-state index in [1.807, 2.05) is 37.3 Å². The molecule has 156 valence electrons. The summed E-state index contributed by atoms with van der Waals surface area (Å²) in [4.78, 5) is 0. The van der Waals surface area contributed by atoms with Gasteiger partial charge in [0.15, 0.2) is 6.20 Å². The van der Waals surface area contributed by atoms with Crippen molar-refractivity contribution in [1.82, 2.24) is 0 Å². The highest BCUT2D eigenvalue weighted by atomic mass is 16.3. The lowest BCUT2D eigenvalue weighted by Gasteiger charge is -2.19. The Kier molecular flexibility index (Phi) is 3.32. The average molecular weight is 414 g/mol. The highest BCUT2D eigenvalue weighted by molar-refractivity contribution is 6.20. The van der Waals surface area contributed by atoms with E-state index in [1.165, 1.54) is 0 Å². The topological polar surface area (TPSA) is 17.0 Å². The van der Waals surface area contributed by atoms with Crippen LogP contribution in [-0.2, 0) is 13.4 Å². The van der Waals surface area contributed by atoms with Gasteiger partial charge in [-0.2, -0.15) is 0 Å². The zero-order valence-electron chi connectivity index (χ0n) is 23.6. The molecule has 0 spiro atoms. The molecule has 0 aliphatic heterocycles. The molecule has 31 heavy (non-hydrogen) atoms. The van der Waals surface area contributed by atoms with Crippen LogP contribution in [0.2, 0.25) is 0 Å². The summed E-state index contributed by atoms with van der Waals surface area (Å²) in [7, 11) is 1.80. The Morgan fingerprint density at radius 3 is 2.58 bits per heavy atom. The van der Waals surface area contributed by atoms with Crippen molar-refractivity contribution in [1.29, 1.82) is 0 Å². The molecule has 0 aliphatic rings. The molecule has 0 unspecified atom stereocenters. The van der Waals surface area contributed by atoms with Gasteiger partial charge in [0, 0.05) is 29.3 Å². The quantitative estimate of drug-likeness (QED) is 0.275. The molecule has 0 N–H and O–H groups in total. The maximum absolute atomic E-state index is 8.95. The Hall–Kier alpha value is -3.13. The minimum atomic E-state index is -2.45. The lowest BCUT2D eigenvalue weighted by atomic mass is 9.86. The molecule has 5 aromatic rings. The number of hydrogen-bond donors (Lipinski definition) is 0. The second-order valence-electron chi connectivity index (χ2n) is 9.37. The van der Waals surface area contributed by atoms with Gasteiger partial charge in [0.25, 0.3) is 0 Å². The van der Waals surface area contributed by atoms with Crippen LogP contribution in [0, 0.1) is 19.2 Å². The number of rotatable bonds is 2. The van der Waals surface area contributed by atoms with Crippen molar-refractivity contribution < 1.29 is 15.8 Å². The molecule has 0 amide bonds. The smallest absolute Gasteiger partial charge is 0.216 e. The van der Waals surface area contributed by atoms with Gasteiger partial charge in [-0.05, 0) is 53.5 Å². The van der Waals surface area contributed by atoms with Crippen LogP contribution in [0.3, 0.4) is 0 Å². The number of hydrogen-bond acceptors (Lipinski definition) is 1. The van der Waals surface area contributed by atoms with Crippen molar-refractivity contribution in [3.63, 3.8) is 0 Å². The Labute approximate surface area is 191 Å². The Morgan fingerprint density at radius 2 is 1.81 bits per heavy atom. The number of pyridine rings is 1. The number of aryl methyl sites for hydroxylation is 3. The Bertz CT molecular complexity index is 1650. The summed E-state index contributed by atoms with van der Waals surface area (Å²) in [5.41, 5.74) is 3.38. The normalized spacial score (nSPS) is 15.6. The van der Waals surface area contributed by atoms with Crippen molar-refractivity contribution >= 4 is 32.7 Å². The Morgan fingerprint density at radius 1 is 1.00 bits per heavy atom. The third-order valence-electron chi connectivity index (χ3n) is 5.78. The lowest BCUT2D eigenvalue weighted by molar-refractivity contribution is -0.660. The van der Waals surface area contributed by atoms with Crippen molar-refractivity contribution in [3.05, 3.63) is 77.5 Å². The fourth-order valence-electron chi connectivity index (χ4n) is 4.43. The molecular weight excluding hydrogens is 378 g/mol. The van der Waals surface area contributed by atoms with Crippen LogP contribution in [0.4, 0.5) is 0 Å². The molecule has 0 fully saturated rings.